The van der Waals surface area contributed by atoms with Crippen molar-refractivity contribution in [1.29, 1.82) is 0 Å². The van der Waals surface area contributed by atoms with Gasteiger partial charge in [0.25, 0.3) is 0 Å². The second-order valence-electron chi connectivity index (χ2n) is 5.40. The van der Waals surface area contributed by atoms with Crippen LogP contribution in [0.1, 0.15) is 35.1 Å². The predicted molar refractivity (Wildman–Crippen MR) is 160 cm³/mol. The molecule has 4 aromatic rings. The first-order valence-corrected chi connectivity index (χ1v) is 13.5. The van der Waals surface area contributed by atoms with E-state index in [4.69, 9.17) is 20.2 Å². The van der Waals surface area contributed by atoms with Crippen LogP contribution in [0.3, 0.4) is 0 Å². The Morgan fingerprint density at radius 3 is 0.641 bits per heavy atom. The number of halogens is 2. The second-order valence-corrected chi connectivity index (χ2v) is 7.22. The minimum atomic E-state index is 0. The third kappa shape index (κ3) is 72.5. The minimum absolute atomic E-state index is 0. The summed E-state index contributed by atoms with van der Waals surface area (Å²) in [7, 11) is 9.53. The molecular weight excluding hydrogens is 609 g/mol. The fraction of sp³-hybridized carbons (Fsp3) is 0.152. The quantitative estimate of drug-likeness (QED) is 0.156. The summed E-state index contributed by atoms with van der Waals surface area (Å²) < 4.78 is 0. The van der Waals surface area contributed by atoms with Crippen molar-refractivity contribution in [3.63, 3.8) is 0 Å². The van der Waals surface area contributed by atoms with E-state index in [0.717, 1.165) is 0 Å². The molecule has 0 N–H and O–H groups in total. The van der Waals surface area contributed by atoms with E-state index in [1.807, 2.05) is 121 Å². The van der Waals surface area contributed by atoms with Gasteiger partial charge in [-0.05, 0) is 51.4 Å². The SMILES string of the molecule is C.CC#CC#CC.CC#CC#CC.[Cl][Fe][Cl].[Fe+2].[Li+].[Na+].c1cc[cH-]c1.c1cc[cH-]c1.c1cc[cH-]c1.c1cc[cH-]c1. The normalized spacial score (nSPS) is 5.79. The molecular formula is C33H36Cl2Fe2LiNa. The van der Waals surface area contributed by atoms with Crippen LogP contribution in [0.2, 0.25) is 0 Å². The smallest absolute Gasteiger partial charge is 0.214 e. The molecule has 0 amide bonds. The molecule has 0 aromatic heterocycles. The van der Waals surface area contributed by atoms with Crippen molar-refractivity contribution in [2.75, 3.05) is 0 Å². The summed E-state index contributed by atoms with van der Waals surface area (Å²) in [5.41, 5.74) is 0. The van der Waals surface area contributed by atoms with Crippen molar-refractivity contribution in [3.8, 4) is 47.4 Å². The van der Waals surface area contributed by atoms with Gasteiger partial charge in [-0.25, -0.2) is 48.5 Å². The Kier molecular flexibility index (Phi) is 84.6. The monoisotopic (exact) mass is 644 g/mol. The predicted octanol–water partition coefficient (Wildman–Crippen LogP) is 3.71. The van der Waals surface area contributed by atoms with Gasteiger partial charge in [0.1, 0.15) is 0 Å². The summed E-state index contributed by atoms with van der Waals surface area (Å²) in [5.74, 6) is 20.9. The summed E-state index contributed by atoms with van der Waals surface area (Å²) in [5, 5.41) is 0. The molecule has 0 radical (unpaired) electrons. The molecule has 6 heteroatoms. The summed E-state index contributed by atoms with van der Waals surface area (Å²) >= 11 is 0.194. The van der Waals surface area contributed by atoms with Crippen molar-refractivity contribution in [2.45, 2.75) is 35.1 Å². The molecule has 0 atom stereocenters. The molecule has 0 aliphatic rings. The van der Waals surface area contributed by atoms with Gasteiger partial charge >= 0.3 is 98.8 Å². The Bertz CT molecular complexity index is 798. The van der Waals surface area contributed by atoms with Crippen LogP contribution in [0, 0.1) is 47.4 Å². The van der Waals surface area contributed by atoms with E-state index >= 15 is 0 Å². The van der Waals surface area contributed by atoms with Crippen LogP contribution in [-0.2, 0) is 30.2 Å². The molecule has 0 heterocycles. The van der Waals surface area contributed by atoms with E-state index in [0.29, 0.717) is 0 Å². The van der Waals surface area contributed by atoms with Crippen LogP contribution in [0.4, 0.5) is 0 Å². The van der Waals surface area contributed by atoms with Crippen molar-refractivity contribution in [3.05, 3.63) is 121 Å². The van der Waals surface area contributed by atoms with Crippen LogP contribution in [0.15, 0.2) is 121 Å². The average molecular weight is 645 g/mol. The van der Waals surface area contributed by atoms with E-state index in [2.05, 4.69) is 47.4 Å². The molecule has 0 saturated heterocycles. The molecule has 0 bridgehead atoms. The zero-order chi connectivity index (χ0) is 26.5. The number of hydrogen-bond acceptors (Lipinski definition) is 0. The van der Waals surface area contributed by atoms with E-state index in [-0.39, 0.29) is 86.0 Å². The zero-order valence-electron chi connectivity index (χ0n) is 23.0. The third-order valence-electron chi connectivity index (χ3n) is 2.85. The van der Waals surface area contributed by atoms with E-state index in [1.54, 1.807) is 27.7 Å². The average Bonchev–Trinajstić information content (AvgIpc) is 3.74. The van der Waals surface area contributed by atoms with Crippen molar-refractivity contribution < 1.29 is 78.6 Å². The molecule has 4 aromatic carbocycles. The van der Waals surface area contributed by atoms with Gasteiger partial charge < -0.3 is 0 Å². The molecule has 39 heavy (non-hydrogen) atoms. The Labute approximate surface area is 299 Å². The van der Waals surface area contributed by atoms with Crippen LogP contribution in [0.5, 0.6) is 0 Å². The number of hydrogen-bond donors (Lipinski definition) is 0. The van der Waals surface area contributed by atoms with Crippen LogP contribution in [0.25, 0.3) is 0 Å². The molecule has 200 valence electrons. The Morgan fingerprint density at radius 1 is 0.462 bits per heavy atom. The zero-order valence-corrected chi connectivity index (χ0v) is 28.7. The Hall–Kier alpha value is -1.14. The van der Waals surface area contributed by atoms with Gasteiger partial charge in [0.2, 0.25) is 0 Å². The van der Waals surface area contributed by atoms with Crippen LogP contribution < -0.4 is 48.4 Å². The molecule has 0 aliphatic carbocycles. The van der Waals surface area contributed by atoms with Crippen molar-refractivity contribution in [2.24, 2.45) is 0 Å². The van der Waals surface area contributed by atoms with E-state index in [9.17, 15) is 0 Å². The summed E-state index contributed by atoms with van der Waals surface area (Å²) in [6.45, 7) is 7.07. The Morgan fingerprint density at radius 2 is 0.590 bits per heavy atom. The topological polar surface area (TPSA) is 0 Å². The summed E-state index contributed by atoms with van der Waals surface area (Å²) in [4.78, 5) is 0. The fourth-order valence-corrected chi connectivity index (χ4v) is 1.53. The van der Waals surface area contributed by atoms with Crippen LogP contribution >= 0.6 is 20.2 Å². The maximum Gasteiger partial charge on any atom is 2.00 e. The minimum Gasteiger partial charge on any atom is -0.214 e. The Balaban J connectivity index is -0.0000000606. The van der Waals surface area contributed by atoms with Gasteiger partial charge in [0.15, 0.2) is 0 Å². The number of rotatable bonds is 0. The van der Waals surface area contributed by atoms with Gasteiger partial charge in [-0.15, -0.1) is 0 Å². The van der Waals surface area contributed by atoms with Gasteiger partial charge in [0, 0.05) is 0 Å². The molecule has 0 unspecified atom stereocenters. The van der Waals surface area contributed by atoms with Crippen LogP contribution in [-0.4, -0.2) is 0 Å². The molecule has 4 rings (SSSR count). The standard InChI is InChI=1S/2C6H6.4C5H5.CH4.2ClH.2Fe.Li.Na/c2*1-3-5-6-4-2;4*1-2-4-5-3-1;;;;;;;/h2*1-2H3;4*1-5H;1H4;2*1H;;;;/q;;4*-1;;;;2*+2;2*+1/p-2. The van der Waals surface area contributed by atoms with Crippen molar-refractivity contribution >= 4 is 20.2 Å². The first-order chi connectivity index (χ1) is 17.2. The maximum absolute atomic E-state index is 4.76. The fourth-order valence-electron chi connectivity index (χ4n) is 1.53. The summed E-state index contributed by atoms with van der Waals surface area (Å²) in [6.07, 6.45) is 0. The molecule has 0 nitrogen and oxygen atoms in total. The molecule has 0 spiro atoms. The van der Waals surface area contributed by atoms with Crippen molar-refractivity contribution in [1.82, 2.24) is 0 Å². The van der Waals surface area contributed by atoms with Gasteiger partial charge in [-0.2, -0.15) is 72.8 Å². The largest absolute Gasteiger partial charge is 2.00 e. The summed E-state index contributed by atoms with van der Waals surface area (Å²) in [6, 6.07) is 40.0. The third-order valence-corrected chi connectivity index (χ3v) is 2.85. The second kappa shape index (κ2) is 61.1. The maximum atomic E-state index is 4.76. The van der Waals surface area contributed by atoms with Gasteiger partial charge in [-0.1, -0.05) is 31.1 Å². The van der Waals surface area contributed by atoms with E-state index in [1.165, 1.54) is 0 Å². The first-order valence-electron chi connectivity index (χ1n) is 10.4. The molecule has 0 fully saturated rings. The van der Waals surface area contributed by atoms with Gasteiger partial charge in [-0.3, -0.25) is 0 Å². The first kappa shape index (κ1) is 54.0. The molecule has 0 saturated carbocycles. The molecule has 0 aliphatic heterocycles. The van der Waals surface area contributed by atoms with Gasteiger partial charge in [0.05, 0.1) is 0 Å². The van der Waals surface area contributed by atoms with E-state index < -0.39 is 0 Å².